The lowest BCUT2D eigenvalue weighted by Crippen LogP contribution is -2.05. The molecular formula is C17H17N3S. The fourth-order valence-corrected chi connectivity index (χ4v) is 2.70. The van der Waals surface area contributed by atoms with E-state index in [1.165, 1.54) is 11.1 Å². The van der Waals surface area contributed by atoms with Gasteiger partial charge in [0.05, 0.1) is 6.54 Å². The van der Waals surface area contributed by atoms with Crippen LogP contribution in [0.15, 0.2) is 54.6 Å². The van der Waals surface area contributed by atoms with Crippen LogP contribution in [-0.2, 0) is 13.0 Å². The average Bonchev–Trinajstić information content (AvgIpc) is 2.90. The highest BCUT2D eigenvalue weighted by molar-refractivity contribution is 7.71. The molecule has 0 aliphatic rings. The summed E-state index contributed by atoms with van der Waals surface area (Å²) >= 11 is 5.40. The third-order valence-electron chi connectivity index (χ3n) is 3.62. The number of H-pyrrole nitrogens is 1. The molecule has 1 aromatic heterocycles. The van der Waals surface area contributed by atoms with Crippen molar-refractivity contribution in [2.45, 2.75) is 19.9 Å². The van der Waals surface area contributed by atoms with Crippen molar-refractivity contribution in [3.8, 4) is 11.4 Å². The molecule has 4 heteroatoms. The quantitative estimate of drug-likeness (QED) is 0.731. The molecule has 0 saturated carbocycles. The van der Waals surface area contributed by atoms with Gasteiger partial charge in [-0.05, 0) is 29.8 Å². The van der Waals surface area contributed by atoms with E-state index >= 15 is 0 Å². The zero-order valence-corrected chi connectivity index (χ0v) is 12.7. The molecule has 1 heterocycles. The molecule has 0 unspecified atom stereocenters. The molecule has 0 fully saturated rings. The van der Waals surface area contributed by atoms with Crippen molar-refractivity contribution in [3.05, 3.63) is 70.5 Å². The van der Waals surface area contributed by atoms with Crippen LogP contribution in [-0.4, -0.2) is 14.8 Å². The van der Waals surface area contributed by atoms with Gasteiger partial charge in [-0.15, -0.1) is 0 Å². The topological polar surface area (TPSA) is 33.6 Å². The standard InChI is InChI=1S/C17H17N3S/c1-2-13-8-6-7-11-15(13)12-20-16(18-19-17(20)21)14-9-4-3-5-10-14/h3-11H,2,12H2,1H3,(H,19,21). The highest BCUT2D eigenvalue weighted by Gasteiger charge is 2.10. The third kappa shape index (κ3) is 2.81. The number of nitrogens with zero attached hydrogens (tertiary/aromatic N) is 2. The highest BCUT2D eigenvalue weighted by atomic mass is 32.1. The molecule has 0 aliphatic carbocycles. The van der Waals surface area contributed by atoms with E-state index in [-0.39, 0.29) is 0 Å². The Balaban J connectivity index is 2.04. The van der Waals surface area contributed by atoms with E-state index in [9.17, 15) is 0 Å². The van der Waals surface area contributed by atoms with Crippen LogP contribution in [0.1, 0.15) is 18.1 Å². The minimum absolute atomic E-state index is 0.653. The summed E-state index contributed by atoms with van der Waals surface area (Å²) in [6.07, 6.45) is 1.02. The number of aromatic nitrogens is 3. The Hall–Kier alpha value is -2.20. The second kappa shape index (κ2) is 6.06. The Kier molecular flexibility index (Phi) is 3.97. The predicted molar refractivity (Wildman–Crippen MR) is 87.8 cm³/mol. The van der Waals surface area contributed by atoms with Crippen LogP contribution >= 0.6 is 12.2 Å². The Morgan fingerprint density at radius 2 is 1.67 bits per heavy atom. The summed E-state index contributed by atoms with van der Waals surface area (Å²) in [4.78, 5) is 0. The van der Waals surface area contributed by atoms with Gasteiger partial charge >= 0.3 is 0 Å². The first-order chi connectivity index (χ1) is 10.3. The predicted octanol–water partition coefficient (Wildman–Crippen LogP) is 4.22. The van der Waals surface area contributed by atoms with E-state index in [1.54, 1.807) is 0 Å². The number of hydrogen-bond acceptors (Lipinski definition) is 2. The number of nitrogens with one attached hydrogen (secondary N) is 1. The van der Waals surface area contributed by atoms with Crippen LogP contribution in [0.4, 0.5) is 0 Å². The fraction of sp³-hybridized carbons (Fsp3) is 0.176. The smallest absolute Gasteiger partial charge is 0.195 e. The van der Waals surface area contributed by atoms with Gasteiger partial charge in [0.15, 0.2) is 10.6 Å². The lowest BCUT2D eigenvalue weighted by atomic mass is 10.1. The molecule has 0 spiro atoms. The zero-order valence-electron chi connectivity index (χ0n) is 11.9. The van der Waals surface area contributed by atoms with Crippen LogP contribution in [0.2, 0.25) is 0 Å². The number of aromatic amines is 1. The molecule has 0 bridgehead atoms. The lowest BCUT2D eigenvalue weighted by molar-refractivity contribution is 0.780. The van der Waals surface area contributed by atoms with E-state index in [0.717, 1.165) is 24.4 Å². The summed E-state index contributed by atoms with van der Waals surface area (Å²) < 4.78 is 2.71. The third-order valence-corrected chi connectivity index (χ3v) is 3.93. The normalized spacial score (nSPS) is 10.7. The van der Waals surface area contributed by atoms with E-state index in [0.29, 0.717) is 4.77 Å². The number of aryl methyl sites for hydroxylation is 1. The van der Waals surface area contributed by atoms with Gasteiger partial charge in [0, 0.05) is 5.56 Å². The fourth-order valence-electron chi connectivity index (χ4n) is 2.50. The Morgan fingerprint density at radius 1 is 1.00 bits per heavy atom. The maximum absolute atomic E-state index is 5.40. The maximum atomic E-state index is 5.40. The van der Waals surface area contributed by atoms with Gasteiger partial charge in [0.25, 0.3) is 0 Å². The van der Waals surface area contributed by atoms with Gasteiger partial charge in [-0.25, -0.2) is 0 Å². The molecule has 0 amide bonds. The Bertz CT molecular complexity index is 787. The van der Waals surface area contributed by atoms with Gasteiger partial charge in [-0.2, -0.15) is 5.10 Å². The summed E-state index contributed by atoms with van der Waals surface area (Å²) in [6.45, 7) is 2.91. The van der Waals surface area contributed by atoms with Crippen molar-refractivity contribution in [1.82, 2.24) is 14.8 Å². The van der Waals surface area contributed by atoms with Crippen LogP contribution < -0.4 is 0 Å². The van der Waals surface area contributed by atoms with E-state index < -0.39 is 0 Å². The van der Waals surface area contributed by atoms with Crippen LogP contribution in [0.3, 0.4) is 0 Å². The Morgan fingerprint density at radius 3 is 2.38 bits per heavy atom. The Labute approximate surface area is 129 Å². The number of rotatable bonds is 4. The van der Waals surface area contributed by atoms with Crippen LogP contribution in [0.5, 0.6) is 0 Å². The van der Waals surface area contributed by atoms with Crippen molar-refractivity contribution >= 4 is 12.2 Å². The monoisotopic (exact) mass is 295 g/mol. The summed E-state index contributed by atoms with van der Waals surface area (Å²) in [5.41, 5.74) is 3.70. The second-order valence-corrected chi connectivity index (χ2v) is 5.31. The van der Waals surface area contributed by atoms with Gasteiger partial charge in [-0.3, -0.25) is 9.67 Å². The maximum Gasteiger partial charge on any atom is 0.195 e. The van der Waals surface area contributed by atoms with Crippen LogP contribution in [0.25, 0.3) is 11.4 Å². The molecule has 3 rings (SSSR count). The van der Waals surface area contributed by atoms with Crippen molar-refractivity contribution in [2.75, 3.05) is 0 Å². The molecule has 1 N–H and O–H groups in total. The van der Waals surface area contributed by atoms with Crippen LogP contribution in [0, 0.1) is 4.77 Å². The molecule has 0 saturated heterocycles. The first-order valence-corrected chi connectivity index (χ1v) is 7.48. The average molecular weight is 295 g/mol. The molecule has 3 aromatic rings. The molecule has 21 heavy (non-hydrogen) atoms. The van der Waals surface area contributed by atoms with Crippen molar-refractivity contribution in [1.29, 1.82) is 0 Å². The summed E-state index contributed by atoms with van der Waals surface area (Å²) in [6, 6.07) is 18.6. The van der Waals surface area contributed by atoms with Crippen molar-refractivity contribution in [2.24, 2.45) is 0 Å². The zero-order chi connectivity index (χ0) is 14.7. The van der Waals surface area contributed by atoms with Gasteiger partial charge in [0.2, 0.25) is 0 Å². The summed E-state index contributed by atoms with van der Waals surface area (Å²) in [7, 11) is 0. The molecule has 0 radical (unpaired) electrons. The minimum atomic E-state index is 0.653. The first kappa shape index (κ1) is 13.8. The van der Waals surface area contributed by atoms with E-state index in [2.05, 4.69) is 46.0 Å². The van der Waals surface area contributed by atoms with Crippen molar-refractivity contribution in [3.63, 3.8) is 0 Å². The first-order valence-electron chi connectivity index (χ1n) is 7.07. The molecular weight excluding hydrogens is 278 g/mol. The molecule has 106 valence electrons. The molecule has 0 aliphatic heterocycles. The van der Waals surface area contributed by atoms with Gasteiger partial charge in [-0.1, -0.05) is 61.5 Å². The SMILES string of the molecule is CCc1ccccc1Cn1c(-c2ccccc2)n[nH]c1=S. The lowest BCUT2D eigenvalue weighted by Gasteiger charge is -2.10. The number of benzene rings is 2. The molecule has 0 atom stereocenters. The van der Waals surface area contributed by atoms with E-state index in [1.807, 2.05) is 30.3 Å². The highest BCUT2D eigenvalue weighted by Crippen LogP contribution is 2.19. The largest absolute Gasteiger partial charge is 0.296 e. The van der Waals surface area contributed by atoms with E-state index in [4.69, 9.17) is 12.2 Å². The van der Waals surface area contributed by atoms with Crippen molar-refractivity contribution < 1.29 is 0 Å². The van der Waals surface area contributed by atoms with Gasteiger partial charge < -0.3 is 0 Å². The molecule has 2 aromatic carbocycles. The summed E-state index contributed by atoms with van der Waals surface area (Å²) in [5.74, 6) is 0.881. The second-order valence-electron chi connectivity index (χ2n) is 4.93. The minimum Gasteiger partial charge on any atom is -0.296 e. The molecule has 3 nitrogen and oxygen atoms in total. The number of hydrogen-bond donors (Lipinski definition) is 1. The van der Waals surface area contributed by atoms with Gasteiger partial charge in [0.1, 0.15) is 0 Å². The summed E-state index contributed by atoms with van der Waals surface area (Å²) in [5, 5.41) is 7.29.